The van der Waals surface area contributed by atoms with Crippen LogP contribution in [0.4, 0.5) is 15.3 Å². The molecule has 2 aliphatic rings. The molecule has 1 fully saturated rings. The number of hydrazine groups is 1. The molecule has 2 amide bonds. The predicted molar refractivity (Wildman–Crippen MR) is 79.8 cm³/mol. The Hall–Kier alpha value is -2.44. The summed E-state index contributed by atoms with van der Waals surface area (Å²) in [6.45, 7) is 2.97. The molecule has 0 radical (unpaired) electrons. The van der Waals surface area contributed by atoms with Crippen LogP contribution in [-0.4, -0.2) is 47.9 Å². The van der Waals surface area contributed by atoms with Crippen molar-refractivity contribution in [2.45, 2.75) is 25.3 Å². The summed E-state index contributed by atoms with van der Waals surface area (Å²) < 4.78 is 4.96. The van der Waals surface area contributed by atoms with Gasteiger partial charge in [0, 0.05) is 19.0 Å². The van der Waals surface area contributed by atoms with Crippen molar-refractivity contribution < 1.29 is 19.4 Å². The van der Waals surface area contributed by atoms with Crippen LogP contribution >= 0.6 is 0 Å². The zero-order chi connectivity index (χ0) is 15.7. The molecule has 0 bridgehead atoms. The third-order valence-electron chi connectivity index (χ3n) is 4.26. The fraction of sp³-hybridized carbons (Fsp3) is 0.467. The standard InChI is InChI=1S/C15H19N3O4/c1-2-22-14(19)16-18-12-6-4-3-5-10(12)11-9-17(15(20)21)8-7-13(11)18/h3-6,11,13H,2,7-9H2,1H3,(H,16,19)(H,20,21). The van der Waals surface area contributed by atoms with Crippen molar-refractivity contribution in [1.29, 1.82) is 0 Å². The zero-order valence-electron chi connectivity index (χ0n) is 12.4. The highest BCUT2D eigenvalue weighted by molar-refractivity contribution is 5.73. The number of ether oxygens (including phenoxy) is 1. The van der Waals surface area contributed by atoms with Crippen molar-refractivity contribution in [3.05, 3.63) is 29.8 Å². The minimum Gasteiger partial charge on any atom is -0.465 e. The topological polar surface area (TPSA) is 82.1 Å². The van der Waals surface area contributed by atoms with Crippen molar-refractivity contribution in [3.8, 4) is 0 Å². The van der Waals surface area contributed by atoms with E-state index in [0.717, 1.165) is 11.3 Å². The van der Waals surface area contributed by atoms with Gasteiger partial charge in [-0.25, -0.2) is 15.0 Å². The van der Waals surface area contributed by atoms with E-state index in [4.69, 9.17) is 4.74 Å². The van der Waals surface area contributed by atoms with Gasteiger partial charge in [-0.05, 0) is 25.0 Å². The van der Waals surface area contributed by atoms with E-state index in [1.807, 2.05) is 29.3 Å². The number of likely N-dealkylation sites (tertiary alicyclic amines) is 1. The third kappa shape index (κ3) is 2.43. The minimum atomic E-state index is -0.896. The van der Waals surface area contributed by atoms with Crippen LogP contribution in [0, 0.1) is 0 Å². The van der Waals surface area contributed by atoms with E-state index in [1.54, 1.807) is 6.92 Å². The molecule has 118 valence electrons. The van der Waals surface area contributed by atoms with Crippen LogP contribution in [0.3, 0.4) is 0 Å². The SMILES string of the molecule is CCOC(=O)NN1c2ccccc2C2CN(C(=O)O)CCC21. The maximum atomic E-state index is 11.8. The smallest absolute Gasteiger partial charge is 0.426 e. The molecule has 3 rings (SSSR count). The Labute approximate surface area is 128 Å². The number of nitrogens with zero attached hydrogens (tertiary/aromatic N) is 2. The van der Waals surface area contributed by atoms with Crippen LogP contribution in [-0.2, 0) is 4.74 Å². The molecule has 2 unspecified atom stereocenters. The van der Waals surface area contributed by atoms with Crippen LogP contribution in [0.15, 0.2) is 24.3 Å². The number of fused-ring (bicyclic) bond motifs is 3. The van der Waals surface area contributed by atoms with Gasteiger partial charge >= 0.3 is 12.2 Å². The second-order valence-corrected chi connectivity index (χ2v) is 5.45. The largest absolute Gasteiger partial charge is 0.465 e. The molecule has 2 atom stereocenters. The van der Waals surface area contributed by atoms with Crippen molar-refractivity contribution in [1.82, 2.24) is 10.3 Å². The maximum absolute atomic E-state index is 11.8. The first-order chi connectivity index (χ1) is 10.6. The minimum absolute atomic E-state index is 0.0532. The lowest BCUT2D eigenvalue weighted by atomic mass is 9.89. The molecule has 7 heteroatoms. The summed E-state index contributed by atoms with van der Waals surface area (Å²) in [5.41, 5.74) is 4.77. The average molecular weight is 305 g/mol. The highest BCUT2D eigenvalue weighted by Crippen LogP contribution is 2.43. The molecule has 2 aliphatic heterocycles. The van der Waals surface area contributed by atoms with E-state index in [0.29, 0.717) is 26.1 Å². The van der Waals surface area contributed by atoms with Gasteiger partial charge in [0.2, 0.25) is 0 Å². The van der Waals surface area contributed by atoms with Gasteiger partial charge in [0.1, 0.15) is 0 Å². The number of hydrogen-bond donors (Lipinski definition) is 2. The maximum Gasteiger partial charge on any atom is 0.426 e. The first-order valence-electron chi connectivity index (χ1n) is 7.41. The number of carbonyl (C=O) groups is 2. The predicted octanol–water partition coefficient (Wildman–Crippen LogP) is 2.00. The molecule has 0 saturated carbocycles. The Kier molecular flexibility index (Phi) is 3.79. The summed E-state index contributed by atoms with van der Waals surface area (Å²) in [5.74, 6) is 0.0583. The van der Waals surface area contributed by atoms with E-state index in [2.05, 4.69) is 5.43 Å². The molecule has 0 spiro atoms. The number of carboxylic acid groups (broad SMARTS) is 1. The van der Waals surface area contributed by atoms with Gasteiger partial charge in [-0.15, -0.1) is 0 Å². The van der Waals surface area contributed by atoms with Crippen LogP contribution in [0.1, 0.15) is 24.8 Å². The summed E-state index contributed by atoms with van der Waals surface area (Å²) in [7, 11) is 0. The highest BCUT2D eigenvalue weighted by Gasteiger charge is 2.43. The summed E-state index contributed by atoms with van der Waals surface area (Å²) >= 11 is 0. The number of nitrogens with one attached hydrogen (secondary N) is 1. The van der Waals surface area contributed by atoms with Gasteiger partial charge in [-0.1, -0.05) is 18.2 Å². The number of piperidine rings is 1. The third-order valence-corrected chi connectivity index (χ3v) is 4.26. The number of anilines is 1. The van der Waals surface area contributed by atoms with E-state index >= 15 is 0 Å². The van der Waals surface area contributed by atoms with E-state index in [-0.39, 0.29) is 12.0 Å². The summed E-state index contributed by atoms with van der Waals surface area (Å²) in [6, 6.07) is 7.82. The van der Waals surface area contributed by atoms with Gasteiger partial charge in [0.25, 0.3) is 0 Å². The fourth-order valence-electron chi connectivity index (χ4n) is 3.33. The average Bonchev–Trinajstić information content (AvgIpc) is 2.81. The monoisotopic (exact) mass is 305 g/mol. The fourth-order valence-corrected chi connectivity index (χ4v) is 3.33. The van der Waals surface area contributed by atoms with Crippen molar-refractivity contribution in [3.63, 3.8) is 0 Å². The van der Waals surface area contributed by atoms with Gasteiger partial charge in [0.15, 0.2) is 0 Å². The van der Waals surface area contributed by atoms with Crippen LogP contribution in [0.25, 0.3) is 0 Å². The van der Waals surface area contributed by atoms with E-state index in [9.17, 15) is 14.7 Å². The Bertz CT molecular complexity index is 592. The van der Waals surface area contributed by atoms with E-state index < -0.39 is 12.2 Å². The van der Waals surface area contributed by atoms with Crippen molar-refractivity contribution in [2.75, 3.05) is 24.7 Å². The number of rotatable bonds is 2. The molecule has 1 aromatic rings. The summed E-state index contributed by atoms with van der Waals surface area (Å²) in [5, 5.41) is 11.0. The zero-order valence-corrected chi connectivity index (χ0v) is 12.4. The van der Waals surface area contributed by atoms with Crippen LogP contribution in [0.2, 0.25) is 0 Å². The first-order valence-corrected chi connectivity index (χ1v) is 7.41. The lowest BCUT2D eigenvalue weighted by Crippen LogP contribution is -2.53. The molecule has 1 saturated heterocycles. The van der Waals surface area contributed by atoms with Gasteiger partial charge < -0.3 is 14.7 Å². The highest BCUT2D eigenvalue weighted by atomic mass is 16.6. The lowest BCUT2D eigenvalue weighted by molar-refractivity contribution is 0.123. The van der Waals surface area contributed by atoms with Gasteiger partial charge in [0.05, 0.1) is 18.3 Å². The van der Waals surface area contributed by atoms with Crippen LogP contribution in [0.5, 0.6) is 0 Å². The van der Waals surface area contributed by atoms with Crippen molar-refractivity contribution in [2.24, 2.45) is 0 Å². The number of hydrogen-bond acceptors (Lipinski definition) is 4. The second-order valence-electron chi connectivity index (χ2n) is 5.45. The Balaban J connectivity index is 1.87. The Morgan fingerprint density at radius 2 is 2.18 bits per heavy atom. The molecule has 0 aliphatic carbocycles. The number of benzene rings is 1. The van der Waals surface area contributed by atoms with Crippen molar-refractivity contribution >= 4 is 17.9 Å². The Morgan fingerprint density at radius 1 is 1.41 bits per heavy atom. The molecular weight excluding hydrogens is 286 g/mol. The molecule has 7 nitrogen and oxygen atoms in total. The number of para-hydroxylation sites is 1. The van der Waals surface area contributed by atoms with Gasteiger partial charge in [-0.2, -0.15) is 0 Å². The second kappa shape index (κ2) is 5.75. The lowest BCUT2D eigenvalue weighted by Gasteiger charge is -2.37. The molecule has 22 heavy (non-hydrogen) atoms. The Morgan fingerprint density at radius 3 is 2.91 bits per heavy atom. The molecule has 1 aromatic carbocycles. The first kappa shape index (κ1) is 14.5. The van der Waals surface area contributed by atoms with Crippen LogP contribution < -0.4 is 10.4 Å². The molecule has 0 aromatic heterocycles. The molecule has 2 N–H and O–H groups in total. The number of amides is 2. The van der Waals surface area contributed by atoms with Gasteiger partial charge in [-0.3, -0.25) is 5.01 Å². The quantitative estimate of drug-likeness (QED) is 0.873. The summed E-state index contributed by atoms with van der Waals surface area (Å²) in [4.78, 5) is 24.4. The van der Waals surface area contributed by atoms with E-state index in [1.165, 1.54) is 4.90 Å². The molecule has 2 heterocycles. The number of carbonyl (C=O) groups excluding carboxylic acids is 1. The normalized spacial score (nSPS) is 22.8. The molecular formula is C15H19N3O4. The summed E-state index contributed by atoms with van der Waals surface area (Å²) in [6.07, 6.45) is -0.718.